The minimum atomic E-state index is -0.0126. The molecule has 4 heterocycles. The van der Waals surface area contributed by atoms with E-state index in [9.17, 15) is 4.79 Å². The van der Waals surface area contributed by atoms with Gasteiger partial charge >= 0.3 is 0 Å². The van der Waals surface area contributed by atoms with Gasteiger partial charge in [0.25, 0.3) is 0 Å². The molecule has 0 spiro atoms. The molecule has 0 aromatic carbocycles. The Balaban J connectivity index is 1.48. The molecule has 2 aliphatic heterocycles. The summed E-state index contributed by atoms with van der Waals surface area (Å²) in [7, 11) is 2.16. The van der Waals surface area contributed by atoms with Crippen LogP contribution in [0.3, 0.4) is 0 Å². The quantitative estimate of drug-likeness (QED) is 0.650. The Morgan fingerprint density at radius 3 is 2.81 bits per heavy atom. The Morgan fingerprint density at radius 2 is 2.03 bits per heavy atom. The summed E-state index contributed by atoms with van der Waals surface area (Å²) in [5.41, 5.74) is 7.81. The summed E-state index contributed by atoms with van der Waals surface area (Å²) in [5, 5.41) is 3.21. The molecular formula is C22H32N8O. The van der Waals surface area contributed by atoms with Crippen molar-refractivity contribution in [2.45, 2.75) is 39.2 Å². The normalized spacial score (nSPS) is 17.0. The topological polar surface area (TPSA) is 104 Å². The molecular weight excluding hydrogens is 392 g/mol. The van der Waals surface area contributed by atoms with Crippen LogP contribution in [0.5, 0.6) is 0 Å². The van der Waals surface area contributed by atoms with Gasteiger partial charge in [-0.1, -0.05) is 19.4 Å². The molecule has 0 aliphatic carbocycles. The number of unbranched alkanes of at least 4 members (excludes halogenated alkanes) is 1. The van der Waals surface area contributed by atoms with E-state index in [0.29, 0.717) is 29.7 Å². The second-order valence-corrected chi connectivity index (χ2v) is 8.34. The van der Waals surface area contributed by atoms with Crippen molar-refractivity contribution in [1.29, 1.82) is 0 Å². The number of fused-ring (bicyclic) bond motifs is 1. The Labute approximate surface area is 183 Å². The highest BCUT2D eigenvalue weighted by atomic mass is 16.2. The standard InChI is InChI=1S/C22H32N8O/c1-3-4-8-24-22-26-20(23)17-13-19(31)30(21(17)27-22)15-16-6-7-18(25-14-16)29-10-5-9-28(2)11-12-29/h6-7,14H,3-5,8-13,15H2,1-2H3,(H3,23,24,26,27). The first-order valence-electron chi connectivity index (χ1n) is 11.1. The third-order valence-corrected chi connectivity index (χ3v) is 5.91. The summed E-state index contributed by atoms with van der Waals surface area (Å²) >= 11 is 0. The number of carbonyl (C=O) groups excluding carboxylic acids is 1. The molecule has 1 saturated heterocycles. The van der Waals surface area contributed by atoms with Crippen LogP contribution in [0.4, 0.5) is 23.4 Å². The van der Waals surface area contributed by atoms with Gasteiger partial charge in [0.2, 0.25) is 11.9 Å². The van der Waals surface area contributed by atoms with Crippen molar-refractivity contribution in [1.82, 2.24) is 19.9 Å². The van der Waals surface area contributed by atoms with Crippen LogP contribution in [-0.2, 0) is 17.8 Å². The number of rotatable bonds is 7. The highest BCUT2D eigenvalue weighted by Gasteiger charge is 2.32. The highest BCUT2D eigenvalue weighted by molar-refractivity contribution is 6.01. The zero-order chi connectivity index (χ0) is 21.8. The molecule has 0 radical (unpaired) electrons. The van der Waals surface area contributed by atoms with E-state index in [1.54, 1.807) is 4.90 Å². The fourth-order valence-electron chi connectivity index (χ4n) is 4.02. The second kappa shape index (κ2) is 9.47. The van der Waals surface area contributed by atoms with Gasteiger partial charge in [-0.15, -0.1) is 0 Å². The number of nitrogens with one attached hydrogen (secondary N) is 1. The molecule has 1 amide bonds. The van der Waals surface area contributed by atoms with Gasteiger partial charge in [-0.2, -0.15) is 9.97 Å². The number of hydrogen-bond donors (Lipinski definition) is 2. The van der Waals surface area contributed by atoms with Crippen molar-refractivity contribution < 1.29 is 4.79 Å². The summed E-state index contributed by atoms with van der Waals surface area (Å²) in [6.45, 7) is 7.48. The molecule has 31 heavy (non-hydrogen) atoms. The number of likely N-dealkylation sites (N-methyl/N-ethyl adjacent to an activating group) is 1. The number of nitrogens with two attached hydrogens (primary N) is 1. The molecule has 9 nitrogen and oxygen atoms in total. The fraction of sp³-hybridized carbons (Fsp3) is 0.545. The van der Waals surface area contributed by atoms with Gasteiger partial charge < -0.3 is 20.9 Å². The molecule has 2 aromatic rings. The van der Waals surface area contributed by atoms with E-state index in [1.807, 2.05) is 18.3 Å². The molecule has 0 unspecified atom stereocenters. The molecule has 1 fully saturated rings. The molecule has 2 aliphatic rings. The van der Waals surface area contributed by atoms with Crippen molar-refractivity contribution in [2.75, 3.05) is 60.6 Å². The molecule has 4 rings (SSSR count). The number of carbonyl (C=O) groups is 1. The Bertz CT molecular complexity index is 916. The summed E-state index contributed by atoms with van der Waals surface area (Å²) in [6, 6.07) is 4.10. The summed E-state index contributed by atoms with van der Waals surface area (Å²) < 4.78 is 0. The van der Waals surface area contributed by atoms with Crippen molar-refractivity contribution >= 4 is 29.3 Å². The molecule has 9 heteroatoms. The van der Waals surface area contributed by atoms with Crippen LogP contribution >= 0.6 is 0 Å². The number of aromatic nitrogens is 3. The maximum atomic E-state index is 12.7. The first kappa shape index (κ1) is 21.3. The first-order valence-corrected chi connectivity index (χ1v) is 11.1. The zero-order valence-corrected chi connectivity index (χ0v) is 18.5. The van der Waals surface area contributed by atoms with Crippen LogP contribution in [0.2, 0.25) is 0 Å². The van der Waals surface area contributed by atoms with Crippen LogP contribution in [0.25, 0.3) is 0 Å². The lowest BCUT2D eigenvalue weighted by Gasteiger charge is -2.22. The third-order valence-electron chi connectivity index (χ3n) is 5.91. The Hall–Kier alpha value is -2.94. The van der Waals surface area contributed by atoms with Gasteiger partial charge in [-0.3, -0.25) is 9.69 Å². The molecule has 166 valence electrons. The second-order valence-electron chi connectivity index (χ2n) is 8.34. The first-order chi connectivity index (χ1) is 15.0. The Morgan fingerprint density at radius 1 is 1.16 bits per heavy atom. The van der Waals surface area contributed by atoms with Gasteiger partial charge in [0.05, 0.1) is 13.0 Å². The monoisotopic (exact) mass is 424 g/mol. The molecule has 0 saturated carbocycles. The third kappa shape index (κ3) is 4.87. The van der Waals surface area contributed by atoms with E-state index in [1.165, 1.54) is 0 Å². The van der Waals surface area contributed by atoms with E-state index < -0.39 is 0 Å². The zero-order valence-electron chi connectivity index (χ0n) is 18.5. The number of pyridine rings is 1. The lowest BCUT2D eigenvalue weighted by atomic mass is 10.2. The van der Waals surface area contributed by atoms with E-state index in [2.05, 4.69) is 44.0 Å². The van der Waals surface area contributed by atoms with Crippen molar-refractivity contribution in [3.63, 3.8) is 0 Å². The van der Waals surface area contributed by atoms with Gasteiger partial charge in [0.15, 0.2) is 0 Å². The molecule has 2 aromatic heterocycles. The number of nitrogens with zero attached hydrogens (tertiary/aromatic N) is 6. The summed E-state index contributed by atoms with van der Waals surface area (Å²) in [4.78, 5) is 32.7. The van der Waals surface area contributed by atoms with E-state index in [0.717, 1.165) is 63.4 Å². The smallest absolute Gasteiger partial charge is 0.233 e. The average molecular weight is 425 g/mol. The number of amides is 1. The van der Waals surface area contributed by atoms with Gasteiger partial charge in [0.1, 0.15) is 17.5 Å². The lowest BCUT2D eigenvalue weighted by molar-refractivity contribution is -0.117. The molecule has 0 bridgehead atoms. The van der Waals surface area contributed by atoms with Crippen molar-refractivity contribution in [3.8, 4) is 0 Å². The van der Waals surface area contributed by atoms with Gasteiger partial charge in [-0.25, -0.2) is 4.98 Å². The minimum absolute atomic E-state index is 0.0126. The number of anilines is 4. The van der Waals surface area contributed by atoms with Crippen LogP contribution in [0, 0.1) is 0 Å². The van der Waals surface area contributed by atoms with Crippen molar-refractivity contribution in [2.24, 2.45) is 0 Å². The average Bonchev–Trinajstić information content (AvgIpc) is 2.92. The van der Waals surface area contributed by atoms with E-state index >= 15 is 0 Å². The Kier molecular flexibility index (Phi) is 6.50. The predicted octanol–water partition coefficient (Wildman–Crippen LogP) is 1.90. The van der Waals surface area contributed by atoms with Crippen molar-refractivity contribution in [3.05, 3.63) is 29.5 Å². The largest absolute Gasteiger partial charge is 0.383 e. The lowest BCUT2D eigenvalue weighted by Crippen LogP contribution is -2.29. The fourth-order valence-corrected chi connectivity index (χ4v) is 4.02. The maximum Gasteiger partial charge on any atom is 0.233 e. The van der Waals surface area contributed by atoms with Crippen LogP contribution < -0.4 is 20.9 Å². The predicted molar refractivity (Wildman–Crippen MR) is 123 cm³/mol. The van der Waals surface area contributed by atoms with E-state index in [-0.39, 0.29) is 12.3 Å². The van der Waals surface area contributed by atoms with E-state index in [4.69, 9.17) is 5.73 Å². The molecule has 3 N–H and O–H groups in total. The summed E-state index contributed by atoms with van der Waals surface area (Å²) in [5.74, 6) is 2.43. The summed E-state index contributed by atoms with van der Waals surface area (Å²) in [6.07, 6.45) is 5.33. The SMILES string of the molecule is CCCCNc1nc(N)c2c(n1)N(Cc1ccc(N3CCCN(C)CC3)nc1)C(=O)C2. The van der Waals surface area contributed by atoms with Crippen LogP contribution in [-0.4, -0.2) is 65.5 Å². The molecule has 0 atom stereocenters. The van der Waals surface area contributed by atoms with Crippen LogP contribution in [0.15, 0.2) is 18.3 Å². The maximum absolute atomic E-state index is 12.7. The minimum Gasteiger partial charge on any atom is -0.383 e. The highest BCUT2D eigenvalue weighted by Crippen LogP contribution is 2.32. The van der Waals surface area contributed by atoms with Gasteiger partial charge in [0, 0.05) is 37.9 Å². The number of hydrogen-bond acceptors (Lipinski definition) is 8. The van der Waals surface area contributed by atoms with Crippen LogP contribution in [0.1, 0.15) is 37.3 Å². The number of nitrogen functional groups attached to an aromatic ring is 1. The van der Waals surface area contributed by atoms with Gasteiger partial charge in [-0.05, 0) is 38.1 Å².